The van der Waals surface area contributed by atoms with Gasteiger partial charge in [-0.1, -0.05) is 12.1 Å². The van der Waals surface area contributed by atoms with Gasteiger partial charge in [-0.25, -0.2) is 0 Å². The van der Waals surface area contributed by atoms with E-state index in [4.69, 9.17) is 0 Å². The van der Waals surface area contributed by atoms with E-state index in [1.54, 1.807) is 36.4 Å². The normalized spacial score (nSPS) is 11.8. The maximum atomic E-state index is 12.7. The van der Waals surface area contributed by atoms with Crippen molar-refractivity contribution in [1.29, 1.82) is 0 Å². The van der Waals surface area contributed by atoms with E-state index in [2.05, 4.69) is 10.6 Å². The molecule has 2 amide bonds. The van der Waals surface area contributed by atoms with Crippen molar-refractivity contribution < 1.29 is 18.0 Å². The van der Waals surface area contributed by atoms with Crippen molar-refractivity contribution in [3.05, 3.63) is 59.7 Å². The van der Waals surface area contributed by atoms with Gasteiger partial charge in [0.25, 0.3) is 11.8 Å². The van der Waals surface area contributed by atoms with Crippen LogP contribution in [0, 0.1) is 0 Å². The first-order valence-electron chi connectivity index (χ1n) is 9.32. The molecule has 9 heteroatoms. The molecule has 162 valence electrons. The van der Waals surface area contributed by atoms with Crippen molar-refractivity contribution in [2.45, 2.75) is 26.3 Å². The van der Waals surface area contributed by atoms with Crippen LogP contribution in [0.2, 0.25) is 0 Å². The summed E-state index contributed by atoms with van der Waals surface area (Å²) in [6, 6.07) is 12.9. The molecule has 0 aromatic heterocycles. The number of nitrogens with one attached hydrogen (secondary N) is 2. The maximum Gasteiger partial charge on any atom is 0.303 e. The number of anilines is 2. The van der Waals surface area contributed by atoms with Crippen molar-refractivity contribution in [3.63, 3.8) is 0 Å². The minimum absolute atomic E-state index is 0.288. The average Bonchev–Trinajstić information content (AvgIpc) is 2.66. The summed E-state index contributed by atoms with van der Waals surface area (Å²) in [5.41, 5.74) is 1.09. The van der Waals surface area contributed by atoms with Crippen LogP contribution in [0.25, 0.3) is 0 Å². The van der Waals surface area contributed by atoms with E-state index >= 15 is 0 Å². The fraction of sp³-hybridized carbons (Fsp3) is 0.333. The summed E-state index contributed by atoms with van der Waals surface area (Å²) >= 11 is 0. The second-order valence-corrected chi connectivity index (χ2v) is 10.2. The van der Waals surface area contributed by atoms with Crippen LogP contribution < -0.4 is 14.9 Å². The molecule has 0 spiro atoms. The van der Waals surface area contributed by atoms with Gasteiger partial charge in [-0.2, -0.15) is 12.7 Å². The summed E-state index contributed by atoms with van der Waals surface area (Å²) in [6.07, 6.45) is 0. The van der Waals surface area contributed by atoms with Gasteiger partial charge in [0.1, 0.15) is 0 Å². The van der Waals surface area contributed by atoms with E-state index in [-0.39, 0.29) is 5.91 Å². The minimum Gasteiger partial charge on any atom is -0.347 e. The highest BCUT2D eigenvalue weighted by Crippen LogP contribution is 2.20. The van der Waals surface area contributed by atoms with E-state index in [1.165, 1.54) is 33.3 Å². The zero-order chi connectivity index (χ0) is 22.7. The molecule has 0 bridgehead atoms. The molecule has 0 atom stereocenters. The zero-order valence-corrected chi connectivity index (χ0v) is 18.9. The van der Waals surface area contributed by atoms with Crippen molar-refractivity contribution in [3.8, 4) is 0 Å². The maximum absolute atomic E-state index is 12.7. The standard InChI is InChI=1S/C21H28N4O4S/c1-21(2,3)23-20(27)17-9-7-8-10-18(17)22-19(26)15-11-13-16(14-12-15)25(6)30(28,29)24(4)5/h7-14H,1-6H3,(H,22,26)(H,23,27). The Bertz CT molecular complexity index is 1030. The number of nitrogens with zero attached hydrogens (tertiary/aromatic N) is 2. The molecule has 2 aromatic rings. The van der Waals surface area contributed by atoms with Gasteiger partial charge < -0.3 is 10.6 Å². The molecule has 0 saturated heterocycles. The van der Waals surface area contributed by atoms with E-state index in [9.17, 15) is 18.0 Å². The molecule has 0 fully saturated rings. The Morgan fingerprint density at radius 1 is 0.867 bits per heavy atom. The third-order valence-electron chi connectivity index (χ3n) is 4.21. The van der Waals surface area contributed by atoms with Crippen LogP contribution in [-0.4, -0.2) is 51.2 Å². The lowest BCUT2D eigenvalue weighted by atomic mass is 10.1. The number of rotatable bonds is 6. The van der Waals surface area contributed by atoms with Crippen LogP contribution in [0.5, 0.6) is 0 Å². The highest BCUT2D eigenvalue weighted by Gasteiger charge is 2.22. The molecule has 0 radical (unpaired) electrons. The second-order valence-electron chi connectivity index (χ2n) is 8.01. The number of para-hydroxylation sites is 1. The molecule has 0 unspecified atom stereocenters. The predicted molar refractivity (Wildman–Crippen MR) is 119 cm³/mol. The Labute approximate surface area is 178 Å². The van der Waals surface area contributed by atoms with Gasteiger partial charge >= 0.3 is 10.2 Å². The monoisotopic (exact) mass is 432 g/mol. The van der Waals surface area contributed by atoms with E-state index < -0.39 is 21.7 Å². The van der Waals surface area contributed by atoms with Crippen molar-refractivity contribution in [2.75, 3.05) is 30.8 Å². The smallest absolute Gasteiger partial charge is 0.303 e. The molecule has 0 saturated carbocycles. The lowest BCUT2D eigenvalue weighted by molar-refractivity contribution is 0.0920. The molecule has 2 N–H and O–H groups in total. The predicted octanol–water partition coefficient (Wildman–Crippen LogP) is 2.71. The molecule has 0 aliphatic heterocycles. The highest BCUT2D eigenvalue weighted by atomic mass is 32.2. The molecule has 0 aliphatic carbocycles. The number of benzene rings is 2. The number of hydrogen-bond acceptors (Lipinski definition) is 4. The Morgan fingerprint density at radius 2 is 1.43 bits per heavy atom. The summed E-state index contributed by atoms with van der Waals surface area (Å²) in [5.74, 6) is -0.694. The summed E-state index contributed by atoms with van der Waals surface area (Å²) in [4.78, 5) is 25.2. The summed E-state index contributed by atoms with van der Waals surface area (Å²) < 4.78 is 26.7. The minimum atomic E-state index is -3.62. The van der Waals surface area contributed by atoms with Gasteiger partial charge in [-0.05, 0) is 57.2 Å². The Kier molecular flexibility index (Phi) is 6.89. The lowest BCUT2D eigenvalue weighted by Crippen LogP contribution is -2.40. The zero-order valence-electron chi connectivity index (χ0n) is 18.1. The molecule has 0 aliphatic rings. The summed E-state index contributed by atoms with van der Waals surface area (Å²) in [7, 11) is 0.710. The van der Waals surface area contributed by atoms with E-state index in [0.29, 0.717) is 22.5 Å². The topological polar surface area (TPSA) is 98.8 Å². The van der Waals surface area contributed by atoms with Gasteiger partial charge in [-0.15, -0.1) is 0 Å². The number of hydrogen-bond donors (Lipinski definition) is 2. The molecule has 0 heterocycles. The van der Waals surface area contributed by atoms with Crippen molar-refractivity contribution in [2.24, 2.45) is 0 Å². The Hall–Kier alpha value is -2.91. The van der Waals surface area contributed by atoms with Crippen LogP contribution in [-0.2, 0) is 10.2 Å². The fourth-order valence-corrected chi connectivity index (χ4v) is 3.47. The van der Waals surface area contributed by atoms with Crippen LogP contribution in [0.15, 0.2) is 48.5 Å². The second kappa shape index (κ2) is 8.85. The molecular weight excluding hydrogens is 404 g/mol. The average molecular weight is 433 g/mol. The van der Waals surface area contributed by atoms with Crippen LogP contribution in [0.3, 0.4) is 0 Å². The first-order chi connectivity index (χ1) is 13.8. The van der Waals surface area contributed by atoms with Crippen LogP contribution in [0.4, 0.5) is 11.4 Å². The van der Waals surface area contributed by atoms with Crippen LogP contribution >= 0.6 is 0 Å². The molecule has 2 rings (SSSR count). The third kappa shape index (κ3) is 5.58. The molecular formula is C21H28N4O4S. The first-order valence-corrected chi connectivity index (χ1v) is 10.7. The van der Waals surface area contributed by atoms with Gasteiger partial charge in [0.15, 0.2) is 0 Å². The molecule has 8 nitrogen and oxygen atoms in total. The third-order valence-corrected chi connectivity index (χ3v) is 6.03. The van der Waals surface area contributed by atoms with E-state index in [1.807, 2.05) is 20.8 Å². The van der Waals surface area contributed by atoms with E-state index in [0.717, 1.165) is 8.61 Å². The van der Waals surface area contributed by atoms with Gasteiger partial charge in [0, 0.05) is 32.2 Å². The number of carbonyl (C=O) groups excluding carboxylic acids is 2. The SMILES string of the molecule is CN(C)S(=O)(=O)N(C)c1ccc(C(=O)Nc2ccccc2C(=O)NC(C)(C)C)cc1. The highest BCUT2D eigenvalue weighted by molar-refractivity contribution is 7.90. The Balaban J connectivity index is 2.21. The molecule has 2 aromatic carbocycles. The van der Waals surface area contributed by atoms with Crippen molar-refractivity contribution >= 4 is 33.4 Å². The van der Waals surface area contributed by atoms with Gasteiger partial charge in [-0.3, -0.25) is 13.9 Å². The number of amides is 2. The quantitative estimate of drug-likeness (QED) is 0.733. The summed E-state index contributed by atoms with van der Waals surface area (Å²) in [6.45, 7) is 5.63. The summed E-state index contributed by atoms with van der Waals surface area (Å²) in [5, 5.41) is 5.63. The lowest BCUT2D eigenvalue weighted by Gasteiger charge is -2.23. The first kappa shape index (κ1) is 23.4. The Morgan fingerprint density at radius 3 is 1.97 bits per heavy atom. The van der Waals surface area contributed by atoms with Crippen LogP contribution in [0.1, 0.15) is 41.5 Å². The fourth-order valence-electron chi connectivity index (χ4n) is 2.59. The molecule has 30 heavy (non-hydrogen) atoms. The largest absolute Gasteiger partial charge is 0.347 e. The number of carbonyl (C=O) groups is 2. The van der Waals surface area contributed by atoms with Gasteiger partial charge in [0.2, 0.25) is 0 Å². The van der Waals surface area contributed by atoms with Gasteiger partial charge in [0.05, 0.1) is 16.9 Å². The van der Waals surface area contributed by atoms with Crippen molar-refractivity contribution in [1.82, 2.24) is 9.62 Å².